The number of aryl methyl sites for hydroxylation is 1. The number of hydrogen-bond acceptors (Lipinski definition) is 1. The minimum Gasteiger partial charge on any atom is -0.370 e. The minimum absolute atomic E-state index is 0.402. The van der Waals surface area contributed by atoms with E-state index in [1.165, 1.54) is 37.7 Å². The average molecular weight is 310 g/mol. The van der Waals surface area contributed by atoms with Gasteiger partial charge in [-0.15, -0.1) is 0 Å². The lowest BCUT2D eigenvalue weighted by Crippen LogP contribution is -2.26. The third-order valence-electron chi connectivity index (χ3n) is 3.36. The Morgan fingerprint density at radius 3 is 2.78 bits per heavy atom. The number of halogens is 1. The molecule has 0 saturated heterocycles. The zero-order valence-electron chi connectivity index (χ0n) is 10.7. The fourth-order valence-electron chi connectivity index (χ4n) is 2.31. The lowest BCUT2D eigenvalue weighted by atomic mass is 9.96. The van der Waals surface area contributed by atoms with Gasteiger partial charge in [-0.2, -0.15) is 0 Å². The van der Waals surface area contributed by atoms with Gasteiger partial charge in [0.25, 0.3) is 0 Å². The summed E-state index contributed by atoms with van der Waals surface area (Å²) in [6.45, 7) is 2.06. The predicted octanol–water partition coefficient (Wildman–Crippen LogP) is 3.82. The number of guanidine groups is 1. The van der Waals surface area contributed by atoms with Crippen LogP contribution in [-0.2, 0) is 0 Å². The summed E-state index contributed by atoms with van der Waals surface area (Å²) >= 11 is 3.46. The van der Waals surface area contributed by atoms with Crippen LogP contribution >= 0.6 is 15.9 Å². The number of anilines is 1. The largest absolute Gasteiger partial charge is 0.370 e. The molecule has 1 aliphatic rings. The highest BCUT2D eigenvalue weighted by Gasteiger charge is 2.12. The molecule has 2 rings (SSSR count). The highest BCUT2D eigenvalue weighted by Crippen LogP contribution is 2.22. The summed E-state index contributed by atoms with van der Waals surface area (Å²) < 4.78 is 1.04. The van der Waals surface area contributed by atoms with E-state index in [9.17, 15) is 0 Å². The van der Waals surface area contributed by atoms with Gasteiger partial charge in [-0.3, -0.25) is 0 Å². The second-order valence-electron chi connectivity index (χ2n) is 4.89. The van der Waals surface area contributed by atoms with Gasteiger partial charge in [-0.25, -0.2) is 4.99 Å². The van der Waals surface area contributed by atoms with Crippen LogP contribution in [0.2, 0.25) is 0 Å². The molecule has 3 N–H and O–H groups in total. The molecule has 4 heteroatoms. The van der Waals surface area contributed by atoms with E-state index in [1.807, 2.05) is 12.1 Å². The monoisotopic (exact) mass is 309 g/mol. The highest BCUT2D eigenvalue weighted by molar-refractivity contribution is 9.10. The number of hydrogen-bond donors (Lipinski definition) is 2. The molecule has 1 fully saturated rings. The van der Waals surface area contributed by atoms with E-state index in [-0.39, 0.29) is 0 Å². The quantitative estimate of drug-likeness (QED) is 0.644. The summed E-state index contributed by atoms with van der Waals surface area (Å²) in [6.07, 6.45) is 6.22. The van der Waals surface area contributed by atoms with E-state index in [0.717, 1.165) is 10.2 Å². The van der Waals surface area contributed by atoms with Crippen molar-refractivity contribution in [2.24, 2.45) is 10.7 Å². The van der Waals surface area contributed by atoms with Gasteiger partial charge in [0.15, 0.2) is 5.96 Å². The first-order chi connectivity index (χ1) is 8.65. The van der Waals surface area contributed by atoms with Crippen LogP contribution in [0.5, 0.6) is 0 Å². The van der Waals surface area contributed by atoms with Crippen LogP contribution in [0.1, 0.15) is 37.7 Å². The number of benzene rings is 1. The van der Waals surface area contributed by atoms with E-state index in [1.54, 1.807) is 0 Å². The van der Waals surface area contributed by atoms with Crippen molar-refractivity contribution in [1.29, 1.82) is 0 Å². The molecule has 1 aromatic carbocycles. The van der Waals surface area contributed by atoms with Crippen LogP contribution < -0.4 is 11.1 Å². The first kappa shape index (κ1) is 13.4. The molecule has 18 heavy (non-hydrogen) atoms. The molecule has 0 aliphatic heterocycles. The fourth-order valence-corrected chi connectivity index (χ4v) is 2.67. The van der Waals surface area contributed by atoms with Gasteiger partial charge in [-0.1, -0.05) is 41.3 Å². The Labute approximate surface area is 117 Å². The summed E-state index contributed by atoms with van der Waals surface area (Å²) in [4.78, 5) is 4.57. The maximum Gasteiger partial charge on any atom is 0.193 e. The van der Waals surface area contributed by atoms with Gasteiger partial charge in [0.2, 0.25) is 0 Å². The van der Waals surface area contributed by atoms with Crippen molar-refractivity contribution in [1.82, 2.24) is 0 Å². The maximum atomic E-state index is 5.98. The highest BCUT2D eigenvalue weighted by atomic mass is 79.9. The van der Waals surface area contributed by atoms with Crippen molar-refractivity contribution in [3.8, 4) is 0 Å². The minimum atomic E-state index is 0.402. The zero-order valence-corrected chi connectivity index (χ0v) is 12.3. The molecule has 0 aromatic heterocycles. The number of nitrogens with zero attached hydrogens (tertiary/aromatic N) is 1. The Kier molecular flexibility index (Phi) is 4.64. The van der Waals surface area contributed by atoms with Crippen LogP contribution in [0, 0.1) is 6.92 Å². The summed E-state index contributed by atoms with van der Waals surface area (Å²) in [5.41, 5.74) is 8.16. The lowest BCUT2D eigenvalue weighted by molar-refractivity contribution is 0.443. The van der Waals surface area contributed by atoms with Crippen LogP contribution in [-0.4, -0.2) is 12.0 Å². The van der Waals surface area contributed by atoms with Gasteiger partial charge >= 0.3 is 0 Å². The van der Waals surface area contributed by atoms with E-state index in [0.29, 0.717) is 12.0 Å². The smallest absolute Gasteiger partial charge is 0.193 e. The third-order valence-corrected chi connectivity index (χ3v) is 3.85. The Morgan fingerprint density at radius 1 is 1.33 bits per heavy atom. The molecule has 0 unspecified atom stereocenters. The van der Waals surface area contributed by atoms with Crippen LogP contribution in [0.4, 0.5) is 5.69 Å². The van der Waals surface area contributed by atoms with E-state index in [2.05, 4.69) is 39.2 Å². The average Bonchev–Trinajstić information content (AvgIpc) is 2.35. The normalized spacial score (nSPS) is 17.8. The SMILES string of the molecule is Cc1ccc(Br)cc1NC(N)=NC1CCCCC1. The predicted molar refractivity (Wildman–Crippen MR) is 81.0 cm³/mol. The van der Waals surface area contributed by atoms with Gasteiger partial charge in [0.1, 0.15) is 0 Å². The molecule has 1 saturated carbocycles. The van der Waals surface area contributed by atoms with Crippen molar-refractivity contribution in [2.45, 2.75) is 45.1 Å². The van der Waals surface area contributed by atoms with Gasteiger partial charge in [0, 0.05) is 10.2 Å². The van der Waals surface area contributed by atoms with Gasteiger partial charge < -0.3 is 11.1 Å². The second-order valence-corrected chi connectivity index (χ2v) is 5.81. The summed E-state index contributed by atoms with van der Waals surface area (Å²) in [7, 11) is 0. The van der Waals surface area contributed by atoms with Crippen molar-refractivity contribution in [3.05, 3.63) is 28.2 Å². The van der Waals surface area contributed by atoms with Gasteiger partial charge in [0.05, 0.1) is 6.04 Å². The number of aliphatic imine (C=N–C) groups is 1. The molecule has 1 aromatic rings. The van der Waals surface area contributed by atoms with Crippen LogP contribution in [0.15, 0.2) is 27.7 Å². The number of nitrogens with two attached hydrogens (primary N) is 1. The standard InChI is InChI=1S/C14H20BrN3/c1-10-7-8-11(15)9-13(10)18-14(16)17-12-5-3-2-4-6-12/h7-9,12H,2-6H2,1H3,(H3,16,17,18). The first-order valence-electron chi connectivity index (χ1n) is 6.51. The summed E-state index contributed by atoms with van der Waals surface area (Å²) in [6, 6.07) is 6.51. The molecule has 0 spiro atoms. The molecular formula is C14H20BrN3. The lowest BCUT2D eigenvalue weighted by Gasteiger charge is -2.18. The van der Waals surface area contributed by atoms with Crippen LogP contribution in [0.3, 0.4) is 0 Å². The fraction of sp³-hybridized carbons (Fsp3) is 0.500. The molecule has 0 radical (unpaired) electrons. The second kappa shape index (κ2) is 6.23. The Balaban J connectivity index is 2.03. The third kappa shape index (κ3) is 3.73. The molecule has 0 bridgehead atoms. The van der Waals surface area contributed by atoms with Crippen molar-refractivity contribution < 1.29 is 0 Å². The van der Waals surface area contributed by atoms with Crippen molar-refractivity contribution >= 4 is 27.6 Å². The number of rotatable bonds is 2. The molecule has 0 heterocycles. The molecule has 0 amide bonds. The molecule has 98 valence electrons. The Morgan fingerprint density at radius 2 is 2.06 bits per heavy atom. The van der Waals surface area contributed by atoms with Crippen LogP contribution in [0.25, 0.3) is 0 Å². The molecule has 0 atom stereocenters. The molecule has 3 nitrogen and oxygen atoms in total. The first-order valence-corrected chi connectivity index (χ1v) is 7.31. The van der Waals surface area contributed by atoms with Crippen molar-refractivity contribution in [3.63, 3.8) is 0 Å². The molecular weight excluding hydrogens is 290 g/mol. The Bertz CT molecular complexity index is 437. The van der Waals surface area contributed by atoms with E-state index < -0.39 is 0 Å². The topological polar surface area (TPSA) is 50.4 Å². The zero-order chi connectivity index (χ0) is 13.0. The summed E-state index contributed by atoms with van der Waals surface area (Å²) in [5.74, 6) is 0.531. The molecule has 1 aliphatic carbocycles. The number of nitrogens with one attached hydrogen (secondary N) is 1. The van der Waals surface area contributed by atoms with Gasteiger partial charge in [-0.05, 0) is 37.5 Å². The van der Waals surface area contributed by atoms with E-state index >= 15 is 0 Å². The Hall–Kier alpha value is -1.03. The summed E-state index contributed by atoms with van der Waals surface area (Å²) in [5, 5.41) is 3.20. The van der Waals surface area contributed by atoms with E-state index in [4.69, 9.17) is 5.73 Å². The van der Waals surface area contributed by atoms with Crippen molar-refractivity contribution in [2.75, 3.05) is 5.32 Å². The maximum absolute atomic E-state index is 5.98.